The number of halogens is 1. The fraction of sp³-hybridized carbons (Fsp3) is 0.158. The van der Waals surface area contributed by atoms with Crippen molar-refractivity contribution in [3.63, 3.8) is 0 Å². The van der Waals surface area contributed by atoms with Crippen LogP contribution in [0.5, 0.6) is 17.2 Å². The molecule has 0 N–H and O–H groups in total. The molecule has 2 aromatic rings. The Bertz CT molecular complexity index is 878. The Hall–Kier alpha value is -2.80. The maximum Gasteiger partial charge on any atom is 0.363 e. The molecule has 1 aliphatic rings. The van der Waals surface area contributed by atoms with Crippen LogP contribution >= 0.6 is 15.9 Å². The molecule has 0 spiro atoms. The minimum Gasteiger partial charge on any atom is -0.493 e. The second kappa shape index (κ2) is 7.61. The van der Waals surface area contributed by atoms with Crippen molar-refractivity contribution in [2.75, 3.05) is 21.3 Å². The second-order valence-electron chi connectivity index (χ2n) is 5.30. The van der Waals surface area contributed by atoms with Gasteiger partial charge in [0.25, 0.3) is 0 Å². The number of ether oxygens (including phenoxy) is 4. The third kappa shape index (κ3) is 3.57. The average Bonchev–Trinajstić information content (AvgIpc) is 3.02. The van der Waals surface area contributed by atoms with E-state index < -0.39 is 5.97 Å². The first-order chi connectivity index (χ1) is 12.5. The van der Waals surface area contributed by atoms with Gasteiger partial charge in [0.15, 0.2) is 17.2 Å². The SMILES string of the molecule is COc1cc(C2=NC(=Cc3ccc(Br)cc3)C(=O)O2)cc(OC)c1OC. The fourth-order valence-corrected chi connectivity index (χ4v) is 2.72. The zero-order valence-corrected chi connectivity index (χ0v) is 16.0. The molecular weight excluding hydrogens is 402 g/mol. The molecule has 0 saturated heterocycles. The van der Waals surface area contributed by atoms with Gasteiger partial charge in [-0.15, -0.1) is 0 Å². The van der Waals surface area contributed by atoms with Gasteiger partial charge in [0.05, 0.1) is 21.3 Å². The number of aliphatic imine (C=N–C) groups is 1. The average molecular weight is 418 g/mol. The van der Waals surface area contributed by atoms with Crippen molar-refractivity contribution in [2.24, 2.45) is 4.99 Å². The summed E-state index contributed by atoms with van der Waals surface area (Å²) in [5, 5.41) is 0. The van der Waals surface area contributed by atoms with E-state index in [1.807, 2.05) is 24.3 Å². The van der Waals surface area contributed by atoms with Crippen LogP contribution in [0.2, 0.25) is 0 Å². The molecule has 1 heterocycles. The minimum absolute atomic E-state index is 0.178. The predicted molar refractivity (Wildman–Crippen MR) is 101 cm³/mol. The van der Waals surface area contributed by atoms with Crippen molar-refractivity contribution < 1.29 is 23.7 Å². The lowest BCUT2D eigenvalue weighted by Crippen LogP contribution is -2.06. The van der Waals surface area contributed by atoms with Crippen LogP contribution in [0.3, 0.4) is 0 Å². The van der Waals surface area contributed by atoms with Crippen LogP contribution < -0.4 is 14.2 Å². The Morgan fingerprint density at radius 3 is 2.15 bits per heavy atom. The summed E-state index contributed by atoms with van der Waals surface area (Å²) in [6, 6.07) is 10.9. The highest BCUT2D eigenvalue weighted by Crippen LogP contribution is 2.39. The molecule has 0 aliphatic carbocycles. The number of benzene rings is 2. The van der Waals surface area contributed by atoms with Gasteiger partial charge in [0.1, 0.15) is 0 Å². The first-order valence-corrected chi connectivity index (χ1v) is 8.43. The number of carbonyl (C=O) groups excluding carboxylic acids is 1. The number of esters is 1. The summed E-state index contributed by atoms with van der Waals surface area (Å²) in [5.41, 5.74) is 1.61. The van der Waals surface area contributed by atoms with Crippen LogP contribution in [0, 0.1) is 0 Å². The van der Waals surface area contributed by atoms with E-state index in [0.29, 0.717) is 22.8 Å². The fourth-order valence-electron chi connectivity index (χ4n) is 2.45. The van der Waals surface area contributed by atoms with Gasteiger partial charge in [-0.3, -0.25) is 0 Å². The Balaban J connectivity index is 1.99. The lowest BCUT2D eigenvalue weighted by atomic mass is 10.1. The molecule has 0 aromatic heterocycles. The molecule has 6 nitrogen and oxygen atoms in total. The summed E-state index contributed by atoms with van der Waals surface area (Å²) < 4.78 is 22.2. The highest BCUT2D eigenvalue weighted by atomic mass is 79.9. The molecule has 0 radical (unpaired) electrons. The van der Waals surface area contributed by atoms with Gasteiger partial charge >= 0.3 is 5.97 Å². The molecule has 0 saturated carbocycles. The summed E-state index contributed by atoms with van der Waals surface area (Å²) in [7, 11) is 4.55. The summed E-state index contributed by atoms with van der Waals surface area (Å²) in [6.45, 7) is 0. The monoisotopic (exact) mass is 417 g/mol. The van der Waals surface area contributed by atoms with Crippen LogP contribution in [0.4, 0.5) is 0 Å². The van der Waals surface area contributed by atoms with Crippen LogP contribution in [-0.2, 0) is 9.53 Å². The van der Waals surface area contributed by atoms with E-state index in [4.69, 9.17) is 18.9 Å². The van der Waals surface area contributed by atoms with Gasteiger partial charge < -0.3 is 18.9 Å². The Morgan fingerprint density at radius 2 is 1.62 bits per heavy atom. The molecule has 0 unspecified atom stereocenters. The van der Waals surface area contributed by atoms with E-state index in [1.54, 1.807) is 18.2 Å². The predicted octanol–water partition coefficient (Wildman–Crippen LogP) is 3.82. The summed E-state index contributed by atoms with van der Waals surface area (Å²) in [5.74, 6) is 1.01. The summed E-state index contributed by atoms with van der Waals surface area (Å²) in [6.07, 6.45) is 1.67. The van der Waals surface area contributed by atoms with Crippen molar-refractivity contribution in [3.8, 4) is 17.2 Å². The van der Waals surface area contributed by atoms with Gasteiger partial charge in [-0.25, -0.2) is 9.79 Å². The topological polar surface area (TPSA) is 66.4 Å². The standard InChI is InChI=1S/C19H16BrNO5/c1-23-15-9-12(10-16(24-2)17(15)25-3)18-21-14(19(22)26-18)8-11-4-6-13(20)7-5-11/h4-10H,1-3H3. The van der Waals surface area contributed by atoms with Crippen LogP contribution in [0.1, 0.15) is 11.1 Å². The van der Waals surface area contributed by atoms with E-state index in [9.17, 15) is 4.79 Å². The van der Waals surface area contributed by atoms with Crippen LogP contribution in [0.25, 0.3) is 6.08 Å². The summed E-state index contributed by atoms with van der Waals surface area (Å²) in [4.78, 5) is 16.5. The smallest absolute Gasteiger partial charge is 0.363 e. The van der Waals surface area contributed by atoms with E-state index in [0.717, 1.165) is 10.0 Å². The second-order valence-corrected chi connectivity index (χ2v) is 6.22. The lowest BCUT2D eigenvalue weighted by Gasteiger charge is -2.13. The van der Waals surface area contributed by atoms with Crippen molar-refractivity contribution >= 4 is 33.9 Å². The highest BCUT2D eigenvalue weighted by molar-refractivity contribution is 9.10. The van der Waals surface area contributed by atoms with Crippen molar-refractivity contribution in [2.45, 2.75) is 0 Å². The molecule has 0 amide bonds. The summed E-state index contributed by atoms with van der Waals surface area (Å²) >= 11 is 3.38. The number of carbonyl (C=O) groups is 1. The molecule has 7 heteroatoms. The lowest BCUT2D eigenvalue weighted by molar-refractivity contribution is -0.129. The number of hydrogen-bond acceptors (Lipinski definition) is 6. The zero-order valence-electron chi connectivity index (χ0n) is 14.4. The molecule has 0 bridgehead atoms. The maximum absolute atomic E-state index is 12.2. The first-order valence-electron chi connectivity index (χ1n) is 7.64. The first kappa shape index (κ1) is 18.0. The molecule has 1 aliphatic heterocycles. The third-order valence-electron chi connectivity index (χ3n) is 3.71. The molecule has 26 heavy (non-hydrogen) atoms. The maximum atomic E-state index is 12.2. The normalized spacial score (nSPS) is 14.8. The van der Waals surface area contributed by atoms with Crippen LogP contribution in [-0.4, -0.2) is 33.2 Å². The van der Waals surface area contributed by atoms with Gasteiger partial charge in [-0.05, 0) is 35.9 Å². The van der Waals surface area contributed by atoms with Crippen molar-refractivity contribution in [3.05, 3.63) is 57.7 Å². The Morgan fingerprint density at radius 1 is 1.00 bits per heavy atom. The van der Waals surface area contributed by atoms with E-state index >= 15 is 0 Å². The quantitative estimate of drug-likeness (QED) is 0.546. The molecule has 0 atom stereocenters. The van der Waals surface area contributed by atoms with E-state index in [1.165, 1.54) is 21.3 Å². The van der Waals surface area contributed by atoms with E-state index in [-0.39, 0.29) is 11.6 Å². The van der Waals surface area contributed by atoms with Crippen molar-refractivity contribution in [1.29, 1.82) is 0 Å². The number of nitrogens with zero attached hydrogens (tertiary/aromatic N) is 1. The number of cyclic esters (lactones) is 1. The number of hydrogen-bond donors (Lipinski definition) is 0. The van der Waals surface area contributed by atoms with Gasteiger partial charge in [0, 0.05) is 10.0 Å². The molecule has 0 fully saturated rings. The van der Waals surface area contributed by atoms with Gasteiger partial charge in [-0.2, -0.15) is 0 Å². The molecule has 2 aromatic carbocycles. The largest absolute Gasteiger partial charge is 0.493 e. The number of methoxy groups -OCH3 is 3. The molecule has 134 valence electrons. The zero-order chi connectivity index (χ0) is 18.7. The molecular formula is C19H16BrNO5. The Kier molecular flexibility index (Phi) is 5.27. The third-order valence-corrected chi connectivity index (χ3v) is 4.23. The molecule has 3 rings (SSSR count). The Labute approximate surface area is 159 Å². The van der Waals surface area contributed by atoms with Crippen LogP contribution in [0.15, 0.2) is 51.6 Å². The minimum atomic E-state index is -0.517. The van der Waals surface area contributed by atoms with E-state index in [2.05, 4.69) is 20.9 Å². The van der Waals surface area contributed by atoms with Crippen molar-refractivity contribution in [1.82, 2.24) is 0 Å². The highest BCUT2D eigenvalue weighted by Gasteiger charge is 2.26. The van der Waals surface area contributed by atoms with Gasteiger partial charge in [0.2, 0.25) is 11.6 Å². The van der Waals surface area contributed by atoms with Gasteiger partial charge in [-0.1, -0.05) is 28.1 Å². The number of rotatable bonds is 5.